The first kappa shape index (κ1) is 10.8. The first-order valence-electron chi connectivity index (χ1n) is 4.66. The van der Waals surface area contributed by atoms with Crippen molar-refractivity contribution in [2.45, 2.75) is 0 Å². The van der Waals surface area contributed by atoms with E-state index in [0.29, 0.717) is 22.1 Å². The molecule has 0 aliphatic rings. The molecule has 0 spiro atoms. The first-order chi connectivity index (χ1) is 7.70. The maximum Gasteiger partial charge on any atom is 0.129 e. The van der Waals surface area contributed by atoms with Gasteiger partial charge in [-0.05, 0) is 18.2 Å². The minimum atomic E-state index is -0.364. The highest BCUT2D eigenvalue weighted by atomic mass is 35.5. The molecule has 0 aliphatic heterocycles. The average Bonchev–Trinajstić information content (AvgIpc) is 2.29. The molecule has 5 heteroatoms. The van der Waals surface area contributed by atoms with Crippen LogP contribution in [0.1, 0.15) is 0 Å². The zero-order valence-electron chi connectivity index (χ0n) is 8.54. The molecule has 0 radical (unpaired) electrons. The standard InChI is InChI=1S/C11H9ClFN3/c1-14-11-5-10(15-6-16-11)8-3-2-7(13)4-9(8)12/h2-6H,1H3,(H,14,15,16). The van der Waals surface area contributed by atoms with Gasteiger partial charge in [0.15, 0.2) is 0 Å². The van der Waals surface area contributed by atoms with Gasteiger partial charge < -0.3 is 5.32 Å². The van der Waals surface area contributed by atoms with E-state index in [2.05, 4.69) is 15.3 Å². The highest BCUT2D eigenvalue weighted by Crippen LogP contribution is 2.27. The van der Waals surface area contributed by atoms with E-state index in [4.69, 9.17) is 11.6 Å². The van der Waals surface area contributed by atoms with Crippen molar-refractivity contribution in [1.82, 2.24) is 9.97 Å². The molecule has 2 aromatic rings. The molecule has 16 heavy (non-hydrogen) atoms. The Labute approximate surface area is 97.3 Å². The van der Waals surface area contributed by atoms with Gasteiger partial charge in [0.25, 0.3) is 0 Å². The van der Waals surface area contributed by atoms with Gasteiger partial charge in [0.1, 0.15) is 18.0 Å². The van der Waals surface area contributed by atoms with E-state index < -0.39 is 0 Å². The summed E-state index contributed by atoms with van der Waals surface area (Å²) in [6, 6.07) is 5.96. The SMILES string of the molecule is CNc1cc(-c2ccc(F)cc2Cl)ncn1. The van der Waals surface area contributed by atoms with Gasteiger partial charge in [-0.2, -0.15) is 0 Å². The van der Waals surface area contributed by atoms with Gasteiger partial charge in [0.2, 0.25) is 0 Å². The zero-order valence-corrected chi connectivity index (χ0v) is 9.29. The Morgan fingerprint density at radius 3 is 2.75 bits per heavy atom. The minimum Gasteiger partial charge on any atom is -0.373 e. The molecule has 1 aromatic carbocycles. The molecule has 0 atom stereocenters. The van der Waals surface area contributed by atoms with Gasteiger partial charge in [-0.3, -0.25) is 0 Å². The quantitative estimate of drug-likeness (QED) is 0.873. The number of aromatic nitrogens is 2. The molecule has 0 unspecified atom stereocenters. The number of hydrogen-bond donors (Lipinski definition) is 1. The van der Waals surface area contributed by atoms with Gasteiger partial charge in [-0.25, -0.2) is 14.4 Å². The highest BCUT2D eigenvalue weighted by Gasteiger charge is 2.06. The number of hydrogen-bond acceptors (Lipinski definition) is 3. The van der Waals surface area contributed by atoms with Crippen molar-refractivity contribution in [2.75, 3.05) is 12.4 Å². The lowest BCUT2D eigenvalue weighted by molar-refractivity contribution is 0.628. The summed E-state index contributed by atoms with van der Waals surface area (Å²) in [6.45, 7) is 0. The molecule has 2 rings (SSSR count). The van der Waals surface area contributed by atoms with Crippen LogP contribution in [0.3, 0.4) is 0 Å². The molecule has 1 N–H and O–H groups in total. The summed E-state index contributed by atoms with van der Waals surface area (Å²) in [7, 11) is 1.76. The number of anilines is 1. The molecule has 1 aromatic heterocycles. The lowest BCUT2D eigenvalue weighted by Gasteiger charge is -2.05. The number of benzene rings is 1. The summed E-state index contributed by atoms with van der Waals surface area (Å²) < 4.78 is 12.9. The highest BCUT2D eigenvalue weighted by molar-refractivity contribution is 6.33. The zero-order chi connectivity index (χ0) is 11.5. The van der Waals surface area contributed by atoms with Crippen molar-refractivity contribution in [3.8, 4) is 11.3 Å². The Morgan fingerprint density at radius 2 is 2.06 bits per heavy atom. The maximum absolute atomic E-state index is 12.9. The van der Waals surface area contributed by atoms with Crippen molar-refractivity contribution in [2.24, 2.45) is 0 Å². The maximum atomic E-state index is 12.9. The fourth-order valence-electron chi connectivity index (χ4n) is 1.34. The molecule has 0 aliphatic carbocycles. The Kier molecular flexibility index (Phi) is 3.01. The van der Waals surface area contributed by atoms with E-state index in [9.17, 15) is 4.39 Å². The summed E-state index contributed by atoms with van der Waals surface area (Å²) in [5, 5.41) is 3.23. The second-order valence-corrected chi connectivity index (χ2v) is 3.57. The lowest BCUT2D eigenvalue weighted by atomic mass is 10.1. The molecule has 0 amide bonds. The molecular formula is C11H9ClFN3. The van der Waals surface area contributed by atoms with Crippen LogP contribution >= 0.6 is 11.6 Å². The van der Waals surface area contributed by atoms with Crippen LogP contribution in [-0.2, 0) is 0 Å². The number of halogens is 2. The van der Waals surface area contributed by atoms with Gasteiger partial charge in [0.05, 0.1) is 10.7 Å². The predicted molar refractivity (Wildman–Crippen MR) is 62.0 cm³/mol. The number of nitrogens with one attached hydrogen (secondary N) is 1. The molecule has 0 fully saturated rings. The minimum absolute atomic E-state index is 0.334. The Hall–Kier alpha value is -1.68. The van der Waals surface area contributed by atoms with Crippen molar-refractivity contribution < 1.29 is 4.39 Å². The van der Waals surface area contributed by atoms with E-state index in [0.717, 1.165) is 0 Å². The van der Waals surface area contributed by atoms with Crippen molar-refractivity contribution in [1.29, 1.82) is 0 Å². The molecular weight excluding hydrogens is 229 g/mol. The van der Waals surface area contributed by atoms with Gasteiger partial charge in [-0.1, -0.05) is 11.6 Å². The van der Waals surface area contributed by atoms with E-state index >= 15 is 0 Å². The largest absolute Gasteiger partial charge is 0.373 e. The van der Waals surface area contributed by atoms with Crippen LogP contribution in [0.2, 0.25) is 5.02 Å². The van der Waals surface area contributed by atoms with E-state index in [1.165, 1.54) is 18.5 Å². The van der Waals surface area contributed by atoms with Crippen molar-refractivity contribution >= 4 is 17.4 Å². The van der Waals surface area contributed by atoms with Crippen LogP contribution in [0.5, 0.6) is 0 Å². The molecule has 0 saturated carbocycles. The third-order valence-corrected chi connectivity index (χ3v) is 2.44. The number of nitrogens with zero attached hydrogens (tertiary/aromatic N) is 2. The summed E-state index contributed by atoms with van der Waals surface area (Å²) in [5.74, 6) is 0.321. The third kappa shape index (κ3) is 2.12. The van der Waals surface area contributed by atoms with E-state index in [1.807, 2.05) is 0 Å². The number of rotatable bonds is 2. The van der Waals surface area contributed by atoms with E-state index in [-0.39, 0.29) is 5.82 Å². The monoisotopic (exact) mass is 237 g/mol. The normalized spacial score (nSPS) is 10.2. The second kappa shape index (κ2) is 4.45. The summed E-state index contributed by atoms with van der Waals surface area (Å²) in [4.78, 5) is 8.08. The van der Waals surface area contributed by atoms with Crippen molar-refractivity contribution in [3.05, 3.63) is 41.4 Å². The average molecular weight is 238 g/mol. The van der Waals surface area contributed by atoms with Crippen LogP contribution in [0.15, 0.2) is 30.6 Å². The molecule has 82 valence electrons. The van der Waals surface area contributed by atoms with Crippen molar-refractivity contribution in [3.63, 3.8) is 0 Å². The summed E-state index contributed by atoms with van der Waals surface area (Å²) >= 11 is 5.94. The summed E-state index contributed by atoms with van der Waals surface area (Å²) in [6.07, 6.45) is 1.43. The van der Waals surface area contributed by atoms with Crippen LogP contribution in [-0.4, -0.2) is 17.0 Å². The summed E-state index contributed by atoms with van der Waals surface area (Å²) in [5.41, 5.74) is 1.34. The van der Waals surface area contributed by atoms with Crippen LogP contribution in [0.4, 0.5) is 10.2 Å². The molecule has 0 bridgehead atoms. The molecule has 1 heterocycles. The Bertz CT molecular complexity index is 516. The van der Waals surface area contributed by atoms with Gasteiger partial charge in [0, 0.05) is 18.7 Å². The van der Waals surface area contributed by atoms with Crippen LogP contribution in [0.25, 0.3) is 11.3 Å². The Balaban J connectivity index is 2.49. The first-order valence-corrected chi connectivity index (χ1v) is 5.03. The Morgan fingerprint density at radius 1 is 1.25 bits per heavy atom. The smallest absolute Gasteiger partial charge is 0.129 e. The lowest BCUT2D eigenvalue weighted by Crippen LogP contribution is -1.94. The fraction of sp³-hybridized carbons (Fsp3) is 0.0909. The fourth-order valence-corrected chi connectivity index (χ4v) is 1.60. The van der Waals surface area contributed by atoms with E-state index in [1.54, 1.807) is 19.2 Å². The van der Waals surface area contributed by atoms with Crippen LogP contribution < -0.4 is 5.32 Å². The topological polar surface area (TPSA) is 37.8 Å². The molecule has 0 saturated heterocycles. The van der Waals surface area contributed by atoms with Gasteiger partial charge >= 0.3 is 0 Å². The second-order valence-electron chi connectivity index (χ2n) is 3.16. The molecule has 3 nitrogen and oxygen atoms in total. The third-order valence-electron chi connectivity index (χ3n) is 2.13. The predicted octanol–water partition coefficient (Wildman–Crippen LogP) is 2.98. The van der Waals surface area contributed by atoms with Crippen LogP contribution in [0, 0.1) is 5.82 Å². The van der Waals surface area contributed by atoms with Gasteiger partial charge in [-0.15, -0.1) is 0 Å².